The average Bonchev–Trinajstić information content (AvgIpc) is 3.17. The number of nitriles is 1. The zero-order valence-electron chi connectivity index (χ0n) is 18.4. The van der Waals surface area contributed by atoms with Gasteiger partial charge in [-0.1, -0.05) is 0 Å². The van der Waals surface area contributed by atoms with Crippen molar-refractivity contribution in [2.75, 3.05) is 23.7 Å². The minimum atomic E-state index is -0.611. The van der Waals surface area contributed by atoms with Crippen molar-refractivity contribution in [1.82, 2.24) is 15.0 Å². The van der Waals surface area contributed by atoms with Crippen molar-refractivity contribution in [3.05, 3.63) is 40.7 Å². The third-order valence-corrected chi connectivity index (χ3v) is 8.64. The highest BCUT2D eigenvalue weighted by Crippen LogP contribution is 2.52. The molecule has 1 spiro atoms. The summed E-state index contributed by atoms with van der Waals surface area (Å²) in [5.74, 6) is -0.790. The fraction of sp³-hybridized carbons (Fsp3) is 0.333. The number of benzene rings is 1. The molecule has 0 bridgehead atoms. The molecule has 11 heteroatoms. The van der Waals surface area contributed by atoms with Crippen LogP contribution in [0.5, 0.6) is 0 Å². The minimum absolute atomic E-state index is 0.0424. The number of nitrogens with zero attached hydrogens (tertiary/aromatic N) is 5. The summed E-state index contributed by atoms with van der Waals surface area (Å²) < 4.78 is 36.8. The Hall–Kier alpha value is -3.46. The van der Waals surface area contributed by atoms with Gasteiger partial charge in [-0.2, -0.15) is 5.26 Å². The Bertz CT molecular complexity index is 1620. The Balaban J connectivity index is 1.49. The topological polar surface area (TPSA) is 127 Å². The molecule has 2 fully saturated rings. The first-order valence-electron chi connectivity index (χ1n) is 11.3. The van der Waals surface area contributed by atoms with Gasteiger partial charge in [0, 0.05) is 47.1 Å². The van der Waals surface area contributed by atoms with E-state index in [9.17, 15) is 9.65 Å². The van der Waals surface area contributed by atoms with E-state index < -0.39 is 11.6 Å². The summed E-state index contributed by atoms with van der Waals surface area (Å²) in [4.78, 5) is 15.4. The molecule has 1 saturated heterocycles. The second kappa shape index (κ2) is 7.04. The standard InChI is InChI=1S/C24H19F2N7OS/c25-14-5-30-20(17-10(3-27)22(29)35-21(14)17)16-13-8-34-7-12(13)11-4-31-23(32-19(11)18(16)26)33-6-15(28)24(9-33)1-2-24/h4-5,15H,1-2,6-9,28-29H2. The molecule has 5 heterocycles. The second-order valence-corrected chi connectivity index (χ2v) is 10.6. The molecule has 4 N–H and O–H groups in total. The lowest BCUT2D eigenvalue weighted by atomic mass is 9.94. The summed E-state index contributed by atoms with van der Waals surface area (Å²) >= 11 is 0.949. The van der Waals surface area contributed by atoms with Gasteiger partial charge in [0.15, 0.2) is 11.6 Å². The van der Waals surface area contributed by atoms with Crippen molar-refractivity contribution in [3.8, 4) is 17.3 Å². The Morgan fingerprint density at radius 1 is 1.20 bits per heavy atom. The SMILES string of the molecule is N#Cc1c(N)sc2c(F)cnc(-c3c4c(c5cnc(N6CC(N)C7(CC7)C6)nc5c3F)COC4)c12. The van der Waals surface area contributed by atoms with Crippen LogP contribution in [0.2, 0.25) is 0 Å². The van der Waals surface area contributed by atoms with Gasteiger partial charge in [0.1, 0.15) is 16.6 Å². The maximum Gasteiger partial charge on any atom is 0.226 e. The summed E-state index contributed by atoms with van der Waals surface area (Å²) in [6.07, 6.45) is 4.84. The molecule has 1 atom stereocenters. The number of anilines is 2. The van der Waals surface area contributed by atoms with Gasteiger partial charge >= 0.3 is 0 Å². The predicted octanol–water partition coefficient (Wildman–Crippen LogP) is 3.60. The lowest BCUT2D eigenvalue weighted by Gasteiger charge is -2.18. The highest BCUT2D eigenvalue weighted by atomic mass is 32.1. The molecule has 176 valence electrons. The molecule has 1 aromatic carbocycles. The predicted molar refractivity (Wildman–Crippen MR) is 128 cm³/mol. The first-order valence-corrected chi connectivity index (χ1v) is 12.1. The molecular formula is C24H19F2N7OS. The van der Waals surface area contributed by atoms with Crippen LogP contribution in [0.3, 0.4) is 0 Å². The van der Waals surface area contributed by atoms with Gasteiger partial charge in [-0.15, -0.1) is 11.3 Å². The van der Waals surface area contributed by atoms with Crippen molar-refractivity contribution in [2.24, 2.45) is 11.1 Å². The molecule has 4 aromatic rings. The molecule has 2 aliphatic heterocycles. The first-order chi connectivity index (χ1) is 16.9. The van der Waals surface area contributed by atoms with Gasteiger partial charge in [-0.3, -0.25) is 4.98 Å². The highest BCUT2D eigenvalue weighted by molar-refractivity contribution is 7.23. The quantitative estimate of drug-likeness (QED) is 0.436. The van der Waals surface area contributed by atoms with Crippen molar-refractivity contribution in [2.45, 2.75) is 32.1 Å². The molecule has 0 radical (unpaired) electrons. The molecule has 1 unspecified atom stereocenters. The first kappa shape index (κ1) is 20.9. The van der Waals surface area contributed by atoms with Gasteiger partial charge in [0.2, 0.25) is 5.95 Å². The number of aromatic nitrogens is 3. The second-order valence-electron chi connectivity index (χ2n) is 9.53. The van der Waals surface area contributed by atoms with Crippen LogP contribution < -0.4 is 16.4 Å². The Kier molecular flexibility index (Phi) is 4.20. The summed E-state index contributed by atoms with van der Waals surface area (Å²) in [5.41, 5.74) is 14.4. The van der Waals surface area contributed by atoms with Crippen LogP contribution in [0, 0.1) is 28.4 Å². The lowest BCUT2D eigenvalue weighted by molar-refractivity contribution is 0.135. The minimum Gasteiger partial charge on any atom is -0.389 e. The number of hydrogen-bond donors (Lipinski definition) is 2. The Labute approximate surface area is 202 Å². The lowest BCUT2D eigenvalue weighted by Crippen LogP contribution is -2.30. The molecule has 3 aromatic heterocycles. The van der Waals surface area contributed by atoms with E-state index in [4.69, 9.17) is 16.2 Å². The summed E-state index contributed by atoms with van der Waals surface area (Å²) in [6.45, 7) is 1.79. The van der Waals surface area contributed by atoms with Crippen LogP contribution in [-0.4, -0.2) is 34.1 Å². The third-order valence-electron chi connectivity index (χ3n) is 7.62. The highest BCUT2D eigenvalue weighted by Gasteiger charge is 2.54. The molecule has 35 heavy (non-hydrogen) atoms. The van der Waals surface area contributed by atoms with E-state index in [0.29, 0.717) is 23.4 Å². The third kappa shape index (κ3) is 2.78. The van der Waals surface area contributed by atoms with Gasteiger partial charge in [0.05, 0.1) is 35.4 Å². The molecule has 3 aliphatic rings. The van der Waals surface area contributed by atoms with Crippen LogP contribution in [-0.2, 0) is 18.0 Å². The van der Waals surface area contributed by atoms with Gasteiger partial charge in [-0.25, -0.2) is 18.7 Å². The van der Waals surface area contributed by atoms with Crippen molar-refractivity contribution < 1.29 is 13.5 Å². The Morgan fingerprint density at radius 3 is 2.74 bits per heavy atom. The average molecular weight is 492 g/mol. The number of hydrogen-bond acceptors (Lipinski definition) is 9. The molecule has 8 nitrogen and oxygen atoms in total. The molecule has 0 amide bonds. The van der Waals surface area contributed by atoms with E-state index >= 15 is 4.39 Å². The van der Waals surface area contributed by atoms with Crippen LogP contribution in [0.4, 0.5) is 19.7 Å². The zero-order valence-corrected chi connectivity index (χ0v) is 19.3. The fourth-order valence-corrected chi connectivity index (χ4v) is 6.45. The number of halogens is 2. The number of fused-ring (bicyclic) bond motifs is 4. The number of thiophene rings is 1. The molecule has 1 aliphatic carbocycles. The number of nitrogen functional groups attached to an aromatic ring is 1. The van der Waals surface area contributed by atoms with Crippen LogP contribution in [0.1, 0.15) is 29.5 Å². The van der Waals surface area contributed by atoms with E-state index in [-0.39, 0.29) is 62.1 Å². The van der Waals surface area contributed by atoms with Gasteiger partial charge in [-0.05, 0) is 24.0 Å². The Morgan fingerprint density at radius 2 is 2.00 bits per heavy atom. The van der Waals surface area contributed by atoms with Crippen LogP contribution >= 0.6 is 11.3 Å². The summed E-state index contributed by atoms with van der Waals surface area (Å²) in [5, 5.41) is 10.6. The monoisotopic (exact) mass is 491 g/mol. The zero-order chi connectivity index (χ0) is 24.1. The number of ether oxygens (including phenoxy) is 1. The maximum absolute atomic E-state index is 16.4. The van der Waals surface area contributed by atoms with Crippen LogP contribution in [0.15, 0.2) is 12.4 Å². The maximum atomic E-state index is 16.4. The fourth-order valence-electron chi connectivity index (χ4n) is 5.53. The number of rotatable bonds is 2. The summed E-state index contributed by atoms with van der Waals surface area (Å²) in [6, 6.07) is 2.07. The smallest absolute Gasteiger partial charge is 0.226 e. The molecule has 7 rings (SSSR count). The summed E-state index contributed by atoms with van der Waals surface area (Å²) in [7, 11) is 0. The van der Waals surface area contributed by atoms with Gasteiger partial charge < -0.3 is 21.1 Å². The van der Waals surface area contributed by atoms with Crippen LogP contribution in [0.25, 0.3) is 32.2 Å². The van der Waals surface area contributed by atoms with Crippen molar-refractivity contribution in [1.29, 1.82) is 5.26 Å². The van der Waals surface area contributed by atoms with E-state index in [2.05, 4.69) is 15.0 Å². The molecular weight excluding hydrogens is 472 g/mol. The van der Waals surface area contributed by atoms with E-state index in [1.165, 1.54) is 0 Å². The van der Waals surface area contributed by atoms with Gasteiger partial charge in [0.25, 0.3) is 0 Å². The number of nitrogens with two attached hydrogens (primary N) is 2. The van der Waals surface area contributed by atoms with E-state index in [1.54, 1.807) is 6.20 Å². The van der Waals surface area contributed by atoms with Crippen molar-refractivity contribution in [3.63, 3.8) is 0 Å². The normalized spacial score (nSPS) is 20.2. The molecule has 1 saturated carbocycles. The number of pyridine rings is 1. The largest absolute Gasteiger partial charge is 0.389 e. The van der Waals surface area contributed by atoms with Crippen molar-refractivity contribution >= 4 is 43.3 Å². The van der Waals surface area contributed by atoms with E-state index in [0.717, 1.165) is 42.5 Å². The van der Waals surface area contributed by atoms with E-state index in [1.807, 2.05) is 11.0 Å².